The number of nitrogens with zero attached hydrogens (tertiary/aromatic N) is 4. The number of aromatic nitrogens is 3. The molecule has 0 bridgehead atoms. The van der Waals surface area contributed by atoms with E-state index in [2.05, 4.69) is 15.1 Å². The van der Waals surface area contributed by atoms with Crippen LogP contribution in [0.3, 0.4) is 0 Å². The Balaban J connectivity index is 1.53. The van der Waals surface area contributed by atoms with Gasteiger partial charge in [0, 0.05) is 31.3 Å². The highest BCUT2D eigenvalue weighted by molar-refractivity contribution is 5.79. The average Bonchev–Trinajstić information content (AvgIpc) is 3.16. The van der Waals surface area contributed by atoms with E-state index in [9.17, 15) is 9.18 Å². The van der Waals surface area contributed by atoms with Gasteiger partial charge >= 0.3 is 0 Å². The maximum atomic E-state index is 13.9. The molecule has 7 heteroatoms. The summed E-state index contributed by atoms with van der Waals surface area (Å²) in [6, 6.07) is 8.27. The fourth-order valence-corrected chi connectivity index (χ4v) is 3.69. The topological polar surface area (TPSA) is 72.1 Å². The lowest BCUT2D eigenvalue weighted by Crippen LogP contribution is -2.40. The second-order valence-corrected chi connectivity index (χ2v) is 7.10. The molecule has 0 spiro atoms. The number of benzene rings is 1. The van der Waals surface area contributed by atoms with E-state index in [0.29, 0.717) is 24.4 Å². The van der Waals surface area contributed by atoms with Crippen molar-refractivity contribution >= 4 is 5.91 Å². The average molecular weight is 380 g/mol. The monoisotopic (exact) mass is 380 g/mol. The minimum absolute atomic E-state index is 0.0668. The number of hydrogen-bond acceptors (Lipinski definition) is 5. The van der Waals surface area contributed by atoms with E-state index < -0.39 is 0 Å². The Morgan fingerprint density at radius 2 is 2.21 bits per heavy atom. The Bertz CT molecular complexity index is 988. The predicted octanol–water partition coefficient (Wildman–Crippen LogP) is 3.53. The summed E-state index contributed by atoms with van der Waals surface area (Å²) in [5.41, 5.74) is 2.87. The summed E-state index contributed by atoms with van der Waals surface area (Å²) in [5.74, 6) is 0.286. The van der Waals surface area contributed by atoms with Gasteiger partial charge in [-0.1, -0.05) is 23.4 Å². The van der Waals surface area contributed by atoms with Crippen LogP contribution in [-0.2, 0) is 11.2 Å². The normalized spacial score (nSPS) is 16.9. The SMILES string of the molecule is Cc1cc(-c2cncnc2C2CCCN(C(=O)Cc3ccccc3F)C2)on1. The van der Waals surface area contributed by atoms with E-state index in [0.717, 1.165) is 29.8 Å². The van der Waals surface area contributed by atoms with Crippen LogP contribution in [0.2, 0.25) is 0 Å². The molecule has 1 aromatic carbocycles. The molecule has 1 aliphatic rings. The van der Waals surface area contributed by atoms with Crippen LogP contribution in [0.4, 0.5) is 4.39 Å². The molecule has 0 saturated carbocycles. The minimum Gasteiger partial charge on any atom is -0.356 e. The molecule has 1 fully saturated rings. The molecule has 1 amide bonds. The number of amides is 1. The molecule has 0 radical (unpaired) electrons. The highest BCUT2D eigenvalue weighted by atomic mass is 19.1. The highest BCUT2D eigenvalue weighted by Crippen LogP contribution is 2.33. The number of likely N-dealkylation sites (tertiary alicyclic amines) is 1. The zero-order valence-corrected chi connectivity index (χ0v) is 15.6. The molecule has 1 unspecified atom stereocenters. The first kappa shape index (κ1) is 18.3. The van der Waals surface area contributed by atoms with Gasteiger partial charge in [0.25, 0.3) is 0 Å². The smallest absolute Gasteiger partial charge is 0.227 e. The molecule has 28 heavy (non-hydrogen) atoms. The van der Waals surface area contributed by atoms with Crippen LogP contribution in [0, 0.1) is 12.7 Å². The van der Waals surface area contributed by atoms with Crippen molar-refractivity contribution in [2.45, 2.75) is 32.1 Å². The molecule has 4 rings (SSSR count). The first-order chi connectivity index (χ1) is 13.6. The lowest BCUT2D eigenvalue weighted by atomic mass is 9.91. The van der Waals surface area contributed by atoms with E-state index in [-0.39, 0.29) is 24.1 Å². The van der Waals surface area contributed by atoms with Crippen molar-refractivity contribution < 1.29 is 13.7 Å². The number of carbonyl (C=O) groups excluding carboxylic acids is 1. The molecule has 1 atom stereocenters. The van der Waals surface area contributed by atoms with Gasteiger partial charge in [0.05, 0.1) is 23.4 Å². The summed E-state index contributed by atoms with van der Waals surface area (Å²) in [4.78, 5) is 23.2. The van der Waals surface area contributed by atoms with Crippen LogP contribution < -0.4 is 0 Å². The van der Waals surface area contributed by atoms with Crippen molar-refractivity contribution in [1.29, 1.82) is 0 Å². The van der Waals surface area contributed by atoms with Gasteiger partial charge in [-0.05, 0) is 31.4 Å². The fraction of sp³-hybridized carbons (Fsp3) is 0.333. The Morgan fingerprint density at radius 1 is 1.36 bits per heavy atom. The first-order valence-corrected chi connectivity index (χ1v) is 9.36. The summed E-state index contributed by atoms with van der Waals surface area (Å²) < 4.78 is 19.3. The van der Waals surface area contributed by atoms with Crippen LogP contribution in [-0.4, -0.2) is 39.0 Å². The molecular formula is C21H21FN4O2. The minimum atomic E-state index is -0.344. The quantitative estimate of drug-likeness (QED) is 0.692. The van der Waals surface area contributed by atoms with E-state index in [1.807, 2.05) is 13.0 Å². The van der Waals surface area contributed by atoms with Crippen molar-refractivity contribution in [2.75, 3.05) is 13.1 Å². The van der Waals surface area contributed by atoms with Crippen LogP contribution in [0.1, 0.15) is 35.7 Å². The highest BCUT2D eigenvalue weighted by Gasteiger charge is 2.28. The Kier molecular flexibility index (Phi) is 5.14. The van der Waals surface area contributed by atoms with E-state index in [1.165, 1.54) is 12.4 Å². The number of halogens is 1. The molecule has 3 aromatic rings. The molecule has 0 N–H and O–H groups in total. The van der Waals surface area contributed by atoms with E-state index in [1.54, 1.807) is 29.3 Å². The Hall–Kier alpha value is -3.09. The zero-order chi connectivity index (χ0) is 19.5. The van der Waals surface area contributed by atoms with Gasteiger partial charge in [-0.2, -0.15) is 0 Å². The number of piperidine rings is 1. The first-order valence-electron chi connectivity index (χ1n) is 9.36. The van der Waals surface area contributed by atoms with Crippen molar-refractivity contribution in [3.05, 3.63) is 65.6 Å². The molecule has 0 aliphatic carbocycles. The third-order valence-corrected chi connectivity index (χ3v) is 5.10. The van der Waals surface area contributed by atoms with Gasteiger partial charge in [-0.15, -0.1) is 0 Å². The van der Waals surface area contributed by atoms with Crippen molar-refractivity contribution in [3.63, 3.8) is 0 Å². The third-order valence-electron chi connectivity index (χ3n) is 5.10. The van der Waals surface area contributed by atoms with Crippen molar-refractivity contribution in [1.82, 2.24) is 20.0 Å². The Labute approximate surface area is 162 Å². The number of rotatable bonds is 4. The second-order valence-electron chi connectivity index (χ2n) is 7.10. The van der Waals surface area contributed by atoms with Gasteiger partial charge in [-0.3, -0.25) is 4.79 Å². The van der Waals surface area contributed by atoms with E-state index >= 15 is 0 Å². The van der Waals surface area contributed by atoms with Crippen molar-refractivity contribution in [3.8, 4) is 11.3 Å². The summed E-state index contributed by atoms with van der Waals surface area (Å²) in [6.07, 6.45) is 5.09. The van der Waals surface area contributed by atoms with Gasteiger partial charge in [0.2, 0.25) is 5.91 Å². The zero-order valence-electron chi connectivity index (χ0n) is 15.6. The summed E-state index contributed by atoms with van der Waals surface area (Å²) in [5, 5.41) is 3.95. The van der Waals surface area contributed by atoms with Gasteiger partial charge in [0.1, 0.15) is 12.1 Å². The van der Waals surface area contributed by atoms with Crippen LogP contribution in [0.5, 0.6) is 0 Å². The summed E-state index contributed by atoms with van der Waals surface area (Å²) in [6.45, 7) is 3.08. The number of hydrogen-bond donors (Lipinski definition) is 0. The summed E-state index contributed by atoms with van der Waals surface area (Å²) >= 11 is 0. The number of aryl methyl sites for hydroxylation is 1. The van der Waals surface area contributed by atoms with Gasteiger partial charge < -0.3 is 9.42 Å². The second kappa shape index (κ2) is 7.88. The molecule has 1 aliphatic heterocycles. The van der Waals surface area contributed by atoms with Crippen LogP contribution in [0.25, 0.3) is 11.3 Å². The maximum Gasteiger partial charge on any atom is 0.227 e. The largest absolute Gasteiger partial charge is 0.356 e. The molecule has 144 valence electrons. The summed E-state index contributed by atoms with van der Waals surface area (Å²) in [7, 11) is 0. The lowest BCUT2D eigenvalue weighted by Gasteiger charge is -2.33. The molecule has 1 saturated heterocycles. The molecule has 2 aromatic heterocycles. The maximum absolute atomic E-state index is 13.9. The third kappa shape index (κ3) is 3.78. The fourth-order valence-electron chi connectivity index (χ4n) is 3.69. The lowest BCUT2D eigenvalue weighted by molar-refractivity contribution is -0.131. The van der Waals surface area contributed by atoms with Crippen LogP contribution >= 0.6 is 0 Å². The molecule has 6 nitrogen and oxygen atoms in total. The van der Waals surface area contributed by atoms with E-state index in [4.69, 9.17) is 4.52 Å². The Morgan fingerprint density at radius 3 is 3.00 bits per heavy atom. The van der Waals surface area contributed by atoms with Crippen molar-refractivity contribution in [2.24, 2.45) is 0 Å². The van der Waals surface area contributed by atoms with Gasteiger partial charge in [-0.25, -0.2) is 14.4 Å². The standard InChI is InChI=1S/C21H21FN4O2/c1-14-9-19(28-25-14)17-11-23-13-24-21(17)16-6-4-8-26(12-16)20(27)10-15-5-2-3-7-18(15)22/h2-3,5,7,9,11,13,16H,4,6,8,10,12H2,1H3. The number of carbonyl (C=O) groups is 1. The predicted molar refractivity (Wildman–Crippen MR) is 101 cm³/mol. The molecule has 3 heterocycles. The molecular weight excluding hydrogens is 359 g/mol. The van der Waals surface area contributed by atoms with Gasteiger partial charge in [0.15, 0.2) is 5.76 Å². The van der Waals surface area contributed by atoms with Crippen LogP contribution in [0.15, 0.2) is 47.4 Å².